The van der Waals surface area contributed by atoms with Crippen LogP contribution in [0.3, 0.4) is 0 Å². The van der Waals surface area contributed by atoms with Gasteiger partial charge in [-0.05, 0) is 55.7 Å². The lowest BCUT2D eigenvalue weighted by Crippen LogP contribution is -2.40. The van der Waals surface area contributed by atoms with Crippen LogP contribution in [0.25, 0.3) is 6.08 Å². The predicted molar refractivity (Wildman–Crippen MR) is 157 cm³/mol. The van der Waals surface area contributed by atoms with E-state index in [2.05, 4.69) is 35.2 Å². The van der Waals surface area contributed by atoms with E-state index in [0.717, 1.165) is 50.2 Å². The fourth-order valence-corrected chi connectivity index (χ4v) is 6.51. The first-order valence-electron chi connectivity index (χ1n) is 13.1. The number of anilines is 1. The molecule has 38 heavy (non-hydrogen) atoms. The monoisotopic (exact) mass is 550 g/mol. The van der Waals surface area contributed by atoms with Gasteiger partial charge in [0.1, 0.15) is 21.8 Å². The molecule has 1 amide bonds. The Balaban J connectivity index is 1.72. The molecule has 2 aliphatic rings. The maximum Gasteiger partial charge on any atom is 0.270 e. The van der Waals surface area contributed by atoms with Gasteiger partial charge in [-0.15, -0.1) is 0 Å². The Morgan fingerprint density at radius 3 is 2.53 bits per heavy atom. The Bertz CT molecular complexity index is 1320. The van der Waals surface area contributed by atoms with E-state index in [4.69, 9.17) is 17.0 Å². The topological polar surface area (TPSA) is 78.6 Å². The molecule has 9 heteroatoms. The Labute approximate surface area is 234 Å². The van der Waals surface area contributed by atoms with Gasteiger partial charge in [-0.2, -0.15) is 5.26 Å². The number of amides is 1. The van der Waals surface area contributed by atoms with Crippen LogP contribution in [0.1, 0.15) is 48.4 Å². The zero-order chi connectivity index (χ0) is 27.2. The number of pyridine rings is 1. The van der Waals surface area contributed by atoms with Crippen molar-refractivity contribution in [3.05, 3.63) is 67.8 Å². The number of thiocarbonyl (C=S) groups is 1. The van der Waals surface area contributed by atoms with Crippen LogP contribution in [-0.2, 0) is 22.5 Å². The lowest BCUT2D eigenvalue weighted by Gasteiger charge is -2.36. The summed E-state index contributed by atoms with van der Waals surface area (Å²) in [6.45, 7) is 6.72. The Hall–Kier alpha value is -2.93. The average Bonchev–Trinajstić information content (AvgIpc) is 3.19. The van der Waals surface area contributed by atoms with E-state index in [1.807, 2.05) is 19.1 Å². The number of carbonyl (C=O) groups is 1. The fraction of sp³-hybridized carbons (Fsp3) is 0.448. The molecule has 2 aliphatic heterocycles. The van der Waals surface area contributed by atoms with Gasteiger partial charge < -0.3 is 9.64 Å². The summed E-state index contributed by atoms with van der Waals surface area (Å²) in [7, 11) is 1.59. The van der Waals surface area contributed by atoms with Crippen molar-refractivity contribution in [1.82, 2.24) is 9.47 Å². The molecule has 7 nitrogen and oxygen atoms in total. The summed E-state index contributed by atoms with van der Waals surface area (Å²) in [6.07, 6.45) is 5.64. The first-order valence-corrected chi connectivity index (χ1v) is 14.3. The molecule has 0 saturated carbocycles. The summed E-state index contributed by atoms with van der Waals surface area (Å²) in [5.41, 5.74) is 2.57. The summed E-state index contributed by atoms with van der Waals surface area (Å²) in [4.78, 5) is 31.0. The fourth-order valence-electron chi connectivity index (χ4n) is 5.22. The van der Waals surface area contributed by atoms with Crippen LogP contribution in [0.2, 0.25) is 0 Å². The van der Waals surface area contributed by atoms with Crippen LogP contribution in [0.5, 0.6) is 0 Å². The number of carbonyl (C=O) groups excluding carboxylic acids is 1. The third-order valence-electron chi connectivity index (χ3n) is 7.24. The molecular weight excluding hydrogens is 516 g/mol. The SMILES string of the molecule is CCCn1c(N2CCC(Cc3ccccc3)CC2)c(C=C2SC(=S)N(CCOC)C2=O)c(C)c(C#N)c1=O. The summed E-state index contributed by atoms with van der Waals surface area (Å²) < 4.78 is 7.36. The number of ether oxygens (including phenoxy) is 1. The number of methoxy groups -OCH3 is 1. The maximum absolute atomic E-state index is 13.4. The first kappa shape index (κ1) is 28.1. The molecule has 0 unspecified atom stereocenters. The van der Waals surface area contributed by atoms with Crippen molar-refractivity contribution >= 4 is 46.1 Å². The first-order chi connectivity index (χ1) is 18.4. The van der Waals surface area contributed by atoms with E-state index < -0.39 is 0 Å². The molecule has 4 rings (SSSR count). The van der Waals surface area contributed by atoms with Gasteiger partial charge in [-0.3, -0.25) is 19.1 Å². The molecule has 2 fully saturated rings. The third-order valence-corrected chi connectivity index (χ3v) is 8.62. The van der Waals surface area contributed by atoms with Crippen LogP contribution in [0, 0.1) is 24.2 Å². The largest absolute Gasteiger partial charge is 0.383 e. The minimum atomic E-state index is -0.266. The number of piperidine rings is 1. The molecule has 0 spiro atoms. The van der Waals surface area contributed by atoms with Crippen molar-refractivity contribution < 1.29 is 9.53 Å². The molecular formula is C29H34N4O3S2. The zero-order valence-electron chi connectivity index (χ0n) is 22.2. The van der Waals surface area contributed by atoms with E-state index in [1.54, 1.807) is 23.5 Å². The minimum absolute atomic E-state index is 0.127. The zero-order valence-corrected chi connectivity index (χ0v) is 23.9. The van der Waals surface area contributed by atoms with Crippen molar-refractivity contribution in [3.8, 4) is 6.07 Å². The third kappa shape index (κ3) is 5.88. The second-order valence-corrected chi connectivity index (χ2v) is 11.4. The van der Waals surface area contributed by atoms with Crippen molar-refractivity contribution in [2.24, 2.45) is 5.92 Å². The van der Waals surface area contributed by atoms with E-state index in [-0.39, 0.29) is 17.0 Å². The Kier molecular flexibility index (Phi) is 9.42. The summed E-state index contributed by atoms with van der Waals surface area (Å²) in [5, 5.41) is 9.87. The summed E-state index contributed by atoms with van der Waals surface area (Å²) in [6, 6.07) is 12.7. The number of rotatable bonds is 9. The van der Waals surface area contributed by atoms with Crippen LogP contribution in [0.15, 0.2) is 40.0 Å². The second-order valence-electron chi connectivity index (χ2n) is 9.75. The van der Waals surface area contributed by atoms with Gasteiger partial charge in [-0.25, -0.2) is 0 Å². The Morgan fingerprint density at radius 1 is 1.18 bits per heavy atom. The van der Waals surface area contributed by atoms with Crippen molar-refractivity contribution in [3.63, 3.8) is 0 Å². The molecule has 3 heterocycles. The van der Waals surface area contributed by atoms with Crippen LogP contribution in [-0.4, -0.2) is 53.0 Å². The van der Waals surface area contributed by atoms with Gasteiger partial charge in [0, 0.05) is 32.3 Å². The number of thioether (sulfide) groups is 1. The van der Waals surface area contributed by atoms with E-state index in [9.17, 15) is 14.9 Å². The summed E-state index contributed by atoms with van der Waals surface area (Å²) in [5.74, 6) is 1.20. The highest BCUT2D eigenvalue weighted by Gasteiger charge is 2.33. The van der Waals surface area contributed by atoms with Gasteiger partial charge in [0.25, 0.3) is 11.5 Å². The highest BCUT2D eigenvalue weighted by atomic mass is 32.2. The Morgan fingerprint density at radius 2 is 1.89 bits per heavy atom. The van der Waals surface area contributed by atoms with Gasteiger partial charge in [0.05, 0.1) is 18.1 Å². The van der Waals surface area contributed by atoms with Crippen LogP contribution < -0.4 is 10.5 Å². The number of aromatic nitrogens is 1. The van der Waals surface area contributed by atoms with Crippen molar-refractivity contribution in [2.45, 2.75) is 46.1 Å². The molecule has 0 radical (unpaired) electrons. The smallest absolute Gasteiger partial charge is 0.270 e. The highest BCUT2D eigenvalue weighted by molar-refractivity contribution is 8.26. The standard InChI is InChI=1S/C29H34N4O3S2/c1-4-12-32-26(31-13-10-22(11-14-31)17-21-8-6-5-7-9-21)23(20(2)24(19-30)27(32)34)18-25-28(35)33(15-16-36-3)29(37)38-25/h5-9,18,22H,4,10-17H2,1-3H3. The van der Waals surface area contributed by atoms with Gasteiger partial charge in [0.2, 0.25) is 0 Å². The highest BCUT2D eigenvalue weighted by Crippen LogP contribution is 2.37. The number of hydrogen-bond acceptors (Lipinski definition) is 7. The van der Waals surface area contributed by atoms with Crippen molar-refractivity contribution in [1.29, 1.82) is 5.26 Å². The molecule has 1 aromatic carbocycles. The van der Waals surface area contributed by atoms with Gasteiger partial charge in [0.15, 0.2) is 0 Å². The molecule has 0 N–H and O–H groups in total. The average molecular weight is 551 g/mol. The van der Waals surface area contributed by atoms with E-state index >= 15 is 0 Å². The molecule has 1 aromatic heterocycles. The number of nitrogens with zero attached hydrogens (tertiary/aromatic N) is 4. The van der Waals surface area contributed by atoms with Gasteiger partial charge in [-0.1, -0.05) is 61.2 Å². The molecule has 0 aliphatic carbocycles. The number of hydrogen-bond donors (Lipinski definition) is 0. The lowest BCUT2D eigenvalue weighted by molar-refractivity contribution is -0.122. The second kappa shape index (κ2) is 12.7. The minimum Gasteiger partial charge on any atom is -0.383 e. The van der Waals surface area contributed by atoms with E-state index in [0.29, 0.717) is 40.4 Å². The van der Waals surface area contributed by atoms with Gasteiger partial charge >= 0.3 is 0 Å². The van der Waals surface area contributed by atoms with E-state index in [1.165, 1.54) is 17.3 Å². The summed E-state index contributed by atoms with van der Waals surface area (Å²) >= 11 is 6.73. The van der Waals surface area contributed by atoms with Crippen molar-refractivity contribution in [2.75, 3.05) is 38.3 Å². The molecule has 2 aromatic rings. The quantitative estimate of drug-likeness (QED) is 0.330. The predicted octanol–water partition coefficient (Wildman–Crippen LogP) is 4.75. The van der Waals surface area contributed by atoms with Crippen LogP contribution in [0.4, 0.5) is 5.82 Å². The number of benzene rings is 1. The van der Waals surface area contributed by atoms with Crippen LogP contribution >= 0.6 is 24.0 Å². The molecule has 200 valence electrons. The molecule has 2 saturated heterocycles. The molecule has 0 bridgehead atoms. The number of nitriles is 1. The maximum atomic E-state index is 13.4. The lowest BCUT2D eigenvalue weighted by atomic mass is 9.90. The molecule has 0 atom stereocenters. The normalized spacial score (nSPS) is 17.5.